The molecule has 3 aliphatic rings. The first-order valence-corrected chi connectivity index (χ1v) is 10.6. The monoisotopic (exact) mass is 504 g/mol. The molecular weight excluding hydrogens is 472 g/mol. The van der Waals surface area contributed by atoms with E-state index in [4.69, 9.17) is 28.8 Å². The maximum Gasteiger partial charge on any atom is 0.219 e. The fourth-order valence-corrected chi connectivity index (χ4v) is 4.01. The number of hydrogen-bond acceptors (Lipinski definition) is 16. The summed E-state index contributed by atoms with van der Waals surface area (Å²) in [6.07, 6.45) is -21.4. The number of aliphatic hydroxyl groups excluding tert-OH is 10. The zero-order valence-corrected chi connectivity index (χ0v) is 17.8. The highest BCUT2D eigenvalue weighted by atomic mass is 16.7. The van der Waals surface area contributed by atoms with Crippen molar-refractivity contribution in [2.45, 2.75) is 85.5 Å². The first-order valence-electron chi connectivity index (χ1n) is 10.6. The summed E-state index contributed by atoms with van der Waals surface area (Å²) in [4.78, 5) is 0. The van der Waals surface area contributed by atoms with E-state index in [0.717, 1.165) is 0 Å². The van der Waals surface area contributed by atoms with E-state index in [1.807, 2.05) is 0 Å². The molecule has 3 fully saturated rings. The molecule has 0 aromatic rings. The van der Waals surface area contributed by atoms with Crippen molar-refractivity contribution in [3.05, 3.63) is 0 Å². The first kappa shape index (κ1) is 27.9. The fourth-order valence-electron chi connectivity index (χ4n) is 4.01. The standard InChI is InChI=1S/C18H32O16/c19-1-5-8(22)11(25)12(26)17(32-5)33-14-9(23)6(2-20)31-16(13(14)27)30-3-7-10(24)15(28)18(29,4-21)34-7/h5-17,19-29H,1-4H2/t5?,6?,7-,8+,9-,10+,11+,12?,13?,14+,15?,16+,17+,18-/m1/s1. The Morgan fingerprint density at radius 3 is 1.79 bits per heavy atom. The van der Waals surface area contributed by atoms with Gasteiger partial charge in [-0.15, -0.1) is 0 Å². The van der Waals surface area contributed by atoms with Crippen molar-refractivity contribution in [3.8, 4) is 0 Å². The zero-order valence-electron chi connectivity index (χ0n) is 17.8. The molecule has 0 saturated carbocycles. The van der Waals surface area contributed by atoms with Gasteiger partial charge in [-0.2, -0.15) is 0 Å². The Labute approximate surface area is 192 Å². The van der Waals surface area contributed by atoms with Crippen molar-refractivity contribution in [1.82, 2.24) is 0 Å². The highest BCUT2D eigenvalue weighted by Crippen LogP contribution is 2.32. The van der Waals surface area contributed by atoms with E-state index in [0.29, 0.717) is 0 Å². The molecule has 3 rings (SSSR count). The van der Waals surface area contributed by atoms with Crippen molar-refractivity contribution in [1.29, 1.82) is 0 Å². The largest absolute Gasteiger partial charge is 0.394 e. The topological polar surface area (TPSA) is 269 Å². The normalized spacial score (nSPS) is 52.1. The second-order valence-electron chi connectivity index (χ2n) is 8.43. The third-order valence-electron chi connectivity index (χ3n) is 6.13. The van der Waals surface area contributed by atoms with Crippen LogP contribution in [0.25, 0.3) is 0 Å². The van der Waals surface area contributed by atoms with Gasteiger partial charge in [-0.05, 0) is 0 Å². The van der Waals surface area contributed by atoms with Crippen LogP contribution < -0.4 is 0 Å². The minimum Gasteiger partial charge on any atom is -0.394 e. The van der Waals surface area contributed by atoms with E-state index >= 15 is 0 Å². The van der Waals surface area contributed by atoms with Crippen LogP contribution in [0, 0.1) is 0 Å². The number of rotatable bonds is 8. The molecule has 0 aromatic carbocycles. The van der Waals surface area contributed by atoms with Crippen molar-refractivity contribution >= 4 is 0 Å². The van der Waals surface area contributed by atoms with E-state index in [1.54, 1.807) is 0 Å². The van der Waals surface area contributed by atoms with Gasteiger partial charge in [0.1, 0.15) is 67.1 Å². The molecule has 3 aliphatic heterocycles. The molecule has 0 bridgehead atoms. The predicted molar refractivity (Wildman–Crippen MR) is 101 cm³/mol. The molecule has 0 radical (unpaired) electrons. The Morgan fingerprint density at radius 2 is 1.24 bits per heavy atom. The van der Waals surface area contributed by atoms with Crippen LogP contribution in [0.15, 0.2) is 0 Å². The van der Waals surface area contributed by atoms with Crippen LogP contribution in [0.2, 0.25) is 0 Å². The van der Waals surface area contributed by atoms with Gasteiger partial charge < -0.3 is 79.9 Å². The molecule has 5 unspecified atom stereocenters. The lowest BCUT2D eigenvalue weighted by Crippen LogP contribution is -2.65. The Hall–Kier alpha value is -0.640. The van der Waals surface area contributed by atoms with E-state index in [2.05, 4.69) is 0 Å². The van der Waals surface area contributed by atoms with E-state index in [9.17, 15) is 51.1 Å². The van der Waals surface area contributed by atoms with Crippen molar-refractivity contribution < 1.29 is 79.9 Å². The Morgan fingerprint density at radius 1 is 0.647 bits per heavy atom. The summed E-state index contributed by atoms with van der Waals surface area (Å²) in [5, 5.41) is 109. The van der Waals surface area contributed by atoms with Gasteiger partial charge in [0.25, 0.3) is 0 Å². The highest BCUT2D eigenvalue weighted by Gasteiger charge is 2.54. The van der Waals surface area contributed by atoms with Crippen LogP contribution in [0.3, 0.4) is 0 Å². The Bertz CT molecular complexity index is 653. The molecule has 11 N–H and O–H groups in total. The predicted octanol–water partition coefficient (Wildman–Crippen LogP) is -7.57. The third-order valence-corrected chi connectivity index (χ3v) is 6.13. The van der Waals surface area contributed by atoms with E-state index in [-0.39, 0.29) is 0 Å². The lowest BCUT2D eigenvalue weighted by Gasteiger charge is -2.46. The van der Waals surface area contributed by atoms with Gasteiger partial charge in [0.2, 0.25) is 5.79 Å². The van der Waals surface area contributed by atoms with E-state index < -0.39 is 112 Å². The molecule has 0 amide bonds. The van der Waals surface area contributed by atoms with Gasteiger partial charge in [0, 0.05) is 0 Å². The summed E-state index contributed by atoms with van der Waals surface area (Å²) in [5.41, 5.74) is 0. The molecule has 16 nitrogen and oxygen atoms in total. The SMILES string of the molecule is OCC1O[C@H](OC[C@H]2O[C@](O)(CO)C(O)[C@H]2O)C(O)[C@@H](O[C@@H]2OC(CO)[C@H](O)[C@H](O)C2O)[C@@H]1O. The first-order chi connectivity index (χ1) is 16.0. The molecule has 3 heterocycles. The van der Waals surface area contributed by atoms with Gasteiger partial charge in [0.15, 0.2) is 12.6 Å². The minimum absolute atomic E-state index is 0.594. The van der Waals surface area contributed by atoms with Crippen molar-refractivity contribution in [3.63, 3.8) is 0 Å². The Kier molecular flexibility index (Phi) is 9.18. The van der Waals surface area contributed by atoms with Crippen LogP contribution in [-0.4, -0.2) is 168 Å². The molecule has 34 heavy (non-hydrogen) atoms. The molecule has 16 heteroatoms. The second-order valence-corrected chi connectivity index (χ2v) is 8.43. The van der Waals surface area contributed by atoms with Crippen molar-refractivity contribution in [2.75, 3.05) is 26.4 Å². The lowest BCUT2D eigenvalue weighted by molar-refractivity contribution is -0.362. The number of hydrogen-bond donors (Lipinski definition) is 11. The molecule has 0 aromatic heterocycles. The smallest absolute Gasteiger partial charge is 0.219 e. The van der Waals surface area contributed by atoms with Crippen molar-refractivity contribution in [2.24, 2.45) is 0 Å². The molecule has 3 saturated heterocycles. The molecule has 0 spiro atoms. The van der Waals surface area contributed by atoms with Crippen LogP contribution >= 0.6 is 0 Å². The lowest BCUT2D eigenvalue weighted by atomic mass is 9.97. The fraction of sp³-hybridized carbons (Fsp3) is 1.00. The summed E-state index contributed by atoms with van der Waals surface area (Å²) in [6, 6.07) is 0. The number of aliphatic hydroxyl groups is 11. The molecule has 200 valence electrons. The second kappa shape index (κ2) is 11.2. The van der Waals surface area contributed by atoms with Crippen LogP contribution in [0.1, 0.15) is 0 Å². The quantitative estimate of drug-likeness (QED) is 0.146. The van der Waals surface area contributed by atoms with Gasteiger partial charge in [-0.25, -0.2) is 0 Å². The molecule has 0 aliphatic carbocycles. The highest BCUT2D eigenvalue weighted by molar-refractivity contribution is 4.97. The average molecular weight is 504 g/mol. The third kappa shape index (κ3) is 5.23. The number of ether oxygens (including phenoxy) is 5. The summed E-state index contributed by atoms with van der Waals surface area (Å²) in [7, 11) is 0. The van der Waals surface area contributed by atoms with Gasteiger partial charge in [0.05, 0.1) is 26.4 Å². The summed E-state index contributed by atoms with van der Waals surface area (Å²) in [5.74, 6) is -2.45. The van der Waals surface area contributed by atoms with Gasteiger partial charge >= 0.3 is 0 Å². The average Bonchev–Trinajstić information content (AvgIpc) is 3.05. The van der Waals surface area contributed by atoms with Crippen LogP contribution in [0.4, 0.5) is 0 Å². The Balaban J connectivity index is 1.69. The maximum absolute atomic E-state index is 10.7. The van der Waals surface area contributed by atoms with Crippen LogP contribution in [0.5, 0.6) is 0 Å². The van der Waals surface area contributed by atoms with E-state index in [1.165, 1.54) is 0 Å². The summed E-state index contributed by atoms with van der Waals surface area (Å²) >= 11 is 0. The molecule has 14 atom stereocenters. The maximum atomic E-state index is 10.7. The minimum atomic E-state index is -2.45. The van der Waals surface area contributed by atoms with Gasteiger partial charge in [-0.3, -0.25) is 0 Å². The molecular formula is C18H32O16. The summed E-state index contributed by atoms with van der Waals surface area (Å²) < 4.78 is 26.3. The summed E-state index contributed by atoms with van der Waals surface area (Å²) in [6.45, 7) is -3.14. The van der Waals surface area contributed by atoms with Crippen LogP contribution in [-0.2, 0) is 23.7 Å². The van der Waals surface area contributed by atoms with Gasteiger partial charge in [-0.1, -0.05) is 0 Å². The zero-order chi connectivity index (χ0) is 25.4.